The molecule has 0 unspecified atom stereocenters. The maximum Gasteiger partial charge on any atom is 0.271 e. The molecule has 25 heavy (non-hydrogen) atoms. The summed E-state index contributed by atoms with van der Waals surface area (Å²) < 4.78 is 15.4. The van der Waals surface area contributed by atoms with Crippen molar-refractivity contribution < 1.29 is 9.50 Å². The van der Waals surface area contributed by atoms with Crippen molar-refractivity contribution in [2.75, 3.05) is 6.61 Å². The quantitative estimate of drug-likeness (QED) is 0.819. The van der Waals surface area contributed by atoms with E-state index in [2.05, 4.69) is 5.10 Å². The predicted octanol–water partition coefficient (Wildman–Crippen LogP) is 2.43. The monoisotopic (exact) mass is 369 g/mol. The van der Waals surface area contributed by atoms with Gasteiger partial charge in [0.15, 0.2) is 0 Å². The molecule has 138 valence electrons. The lowest BCUT2D eigenvalue weighted by Gasteiger charge is -2.17. The van der Waals surface area contributed by atoms with Gasteiger partial charge in [-0.3, -0.25) is 4.79 Å². The third-order valence-electron chi connectivity index (χ3n) is 3.91. The number of aromatic nitrogens is 2. The molecule has 0 saturated heterocycles. The number of nitrogens with two attached hydrogens (primary N) is 1. The van der Waals surface area contributed by atoms with Crippen molar-refractivity contribution in [3.05, 3.63) is 51.1 Å². The second kappa shape index (κ2) is 9.08. The minimum Gasteiger partial charge on any atom is -0.396 e. The first-order chi connectivity index (χ1) is 11.4. The lowest BCUT2D eigenvalue weighted by Crippen LogP contribution is -2.32. The maximum absolute atomic E-state index is 14.0. The van der Waals surface area contributed by atoms with Crippen LogP contribution in [0.1, 0.15) is 30.5 Å². The zero-order chi connectivity index (χ0) is 17.9. The number of benzene rings is 1. The third kappa shape index (κ3) is 4.66. The molecule has 0 spiro atoms. The lowest BCUT2D eigenvalue weighted by molar-refractivity contribution is 0.299. The van der Waals surface area contributed by atoms with E-state index in [-0.39, 0.29) is 49.3 Å². The highest BCUT2D eigenvalue weighted by Crippen LogP contribution is 2.25. The number of rotatable bonds is 6. The van der Waals surface area contributed by atoms with Crippen molar-refractivity contribution in [1.82, 2.24) is 9.78 Å². The minimum absolute atomic E-state index is 0. The van der Waals surface area contributed by atoms with Gasteiger partial charge < -0.3 is 10.8 Å². The molecule has 2 rings (SSSR count). The fourth-order valence-electron chi connectivity index (χ4n) is 2.69. The first-order valence-electron chi connectivity index (χ1n) is 8.09. The Bertz CT molecular complexity index is 791. The standard InChI is InChI=1S/C18H24FN3O2.ClH/c1-11(2)10-22-18(24)15(9-20)14(6-7-23)17(21-22)13-5-4-12(3)16(19)8-13;/h4-5,8,11,23H,6-7,9-10,20H2,1-3H3;1H. The number of nitrogens with zero attached hydrogens (tertiary/aromatic N) is 2. The van der Waals surface area contributed by atoms with Crippen LogP contribution in [0.4, 0.5) is 4.39 Å². The molecule has 0 saturated carbocycles. The zero-order valence-electron chi connectivity index (χ0n) is 14.8. The van der Waals surface area contributed by atoms with Gasteiger partial charge in [0.05, 0.1) is 5.69 Å². The first-order valence-corrected chi connectivity index (χ1v) is 8.09. The second-order valence-corrected chi connectivity index (χ2v) is 6.33. The number of aliphatic hydroxyl groups is 1. The normalized spacial score (nSPS) is 10.8. The van der Waals surface area contributed by atoms with Gasteiger partial charge in [0.2, 0.25) is 0 Å². The predicted molar refractivity (Wildman–Crippen MR) is 99.4 cm³/mol. The van der Waals surface area contributed by atoms with Gasteiger partial charge in [-0.05, 0) is 36.5 Å². The van der Waals surface area contributed by atoms with E-state index in [1.165, 1.54) is 10.7 Å². The highest BCUT2D eigenvalue weighted by atomic mass is 35.5. The third-order valence-corrected chi connectivity index (χ3v) is 3.91. The average Bonchev–Trinajstić information content (AvgIpc) is 2.53. The van der Waals surface area contributed by atoms with E-state index in [1.807, 2.05) is 13.8 Å². The van der Waals surface area contributed by atoms with Gasteiger partial charge in [-0.1, -0.05) is 26.0 Å². The van der Waals surface area contributed by atoms with Crippen LogP contribution in [-0.4, -0.2) is 21.5 Å². The Morgan fingerprint density at radius 1 is 1.32 bits per heavy atom. The summed E-state index contributed by atoms with van der Waals surface area (Å²) >= 11 is 0. The minimum atomic E-state index is -0.333. The van der Waals surface area contributed by atoms with Crippen LogP contribution in [0.25, 0.3) is 11.3 Å². The number of halogens is 2. The molecule has 2 aromatic rings. The Morgan fingerprint density at radius 2 is 2.00 bits per heavy atom. The Hall–Kier alpha value is -1.76. The molecule has 1 heterocycles. The Morgan fingerprint density at radius 3 is 2.52 bits per heavy atom. The van der Waals surface area contributed by atoms with E-state index in [0.29, 0.717) is 34.5 Å². The van der Waals surface area contributed by atoms with Gasteiger partial charge in [-0.25, -0.2) is 9.07 Å². The van der Waals surface area contributed by atoms with Crippen LogP contribution in [0, 0.1) is 18.7 Å². The summed E-state index contributed by atoms with van der Waals surface area (Å²) in [6, 6.07) is 4.85. The van der Waals surface area contributed by atoms with Gasteiger partial charge in [0.1, 0.15) is 5.82 Å². The van der Waals surface area contributed by atoms with Crippen LogP contribution in [0.5, 0.6) is 0 Å². The molecule has 1 aromatic carbocycles. The van der Waals surface area contributed by atoms with E-state index >= 15 is 0 Å². The number of hydrogen-bond acceptors (Lipinski definition) is 4. The van der Waals surface area contributed by atoms with Crippen molar-refractivity contribution in [3.8, 4) is 11.3 Å². The molecule has 0 atom stereocenters. The molecular weight excluding hydrogens is 345 g/mol. The molecular formula is C18H25ClFN3O2. The van der Waals surface area contributed by atoms with Gasteiger partial charge in [0, 0.05) is 30.8 Å². The average molecular weight is 370 g/mol. The highest BCUT2D eigenvalue weighted by Gasteiger charge is 2.18. The van der Waals surface area contributed by atoms with E-state index < -0.39 is 0 Å². The van der Waals surface area contributed by atoms with Crippen molar-refractivity contribution in [2.45, 2.75) is 40.3 Å². The Labute approximate surface area is 153 Å². The zero-order valence-corrected chi connectivity index (χ0v) is 15.6. The van der Waals surface area contributed by atoms with Gasteiger partial charge in [0.25, 0.3) is 5.56 Å². The van der Waals surface area contributed by atoms with Crippen molar-refractivity contribution in [3.63, 3.8) is 0 Å². The van der Waals surface area contributed by atoms with E-state index in [9.17, 15) is 14.3 Å². The molecule has 0 bridgehead atoms. The van der Waals surface area contributed by atoms with Gasteiger partial charge in [-0.2, -0.15) is 5.10 Å². The molecule has 0 aliphatic heterocycles. The summed E-state index contributed by atoms with van der Waals surface area (Å²) in [5, 5.41) is 13.8. The summed E-state index contributed by atoms with van der Waals surface area (Å²) in [7, 11) is 0. The molecule has 5 nitrogen and oxygen atoms in total. The van der Waals surface area contributed by atoms with Crippen LogP contribution >= 0.6 is 12.4 Å². The molecule has 3 N–H and O–H groups in total. The maximum atomic E-state index is 14.0. The fourth-order valence-corrected chi connectivity index (χ4v) is 2.69. The Balaban J connectivity index is 0.00000312. The number of aryl methyl sites for hydroxylation is 1. The summed E-state index contributed by atoms with van der Waals surface area (Å²) in [4.78, 5) is 12.6. The molecule has 0 amide bonds. The highest BCUT2D eigenvalue weighted by molar-refractivity contribution is 5.85. The summed E-state index contributed by atoms with van der Waals surface area (Å²) in [6.45, 7) is 6.03. The summed E-state index contributed by atoms with van der Waals surface area (Å²) in [5.41, 5.74) is 8.18. The van der Waals surface area contributed by atoms with Crippen LogP contribution in [0.3, 0.4) is 0 Å². The van der Waals surface area contributed by atoms with Crippen molar-refractivity contribution in [1.29, 1.82) is 0 Å². The largest absolute Gasteiger partial charge is 0.396 e. The second-order valence-electron chi connectivity index (χ2n) is 6.33. The van der Waals surface area contributed by atoms with Crippen molar-refractivity contribution >= 4 is 12.4 Å². The molecule has 0 radical (unpaired) electrons. The van der Waals surface area contributed by atoms with Crippen LogP contribution in [0.15, 0.2) is 23.0 Å². The first kappa shape index (κ1) is 21.3. The number of aliphatic hydroxyl groups excluding tert-OH is 1. The topological polar surface area (TPSA) is 81.1 Å². The van der Waals surface area contributed by atoms with Crippen LogP contribution in [0.2, 0.25) is 0 Å². The SMILES string of the molecule is Cc1ccc(-c2nn(CC(C)C)c(=O)c(CN)c2CCO)cc1F.Cl. The summed E-state index contributed by atoms with van der Waals surface area (Å²) in [6.07, 6.45) is 0.252. The van der Waals surface area contributed by atoms with E-state index in [1.54, 1.807) is 19.1 Å². The van der Waals surface area contributed by atoms with Gasteiger partial charge in [-0.15, -0.1) is 12.4 Å². The van der Waals surface area contributed by atoms with Crippen LogP contribution in [-0.2, 0) is 19.5 Å². The van der Waals surface area contributed by atoms with Gasteiger partial charge >= 0.3 is 0 Å². The molecule has 0 aliphatic carbocycles. The smallest absolute Gasteiger partial charge is 0.271 e. The fraction of sp³-hybridized carbons (Fsp3) is 0.444. The lowest BCUT2D eigenvalue weighted by atomic mass is 9.98. The Kier molecular flexibility index (Phi) is 7.73. The molecule has 1 aromatic heterocycles. The van der Waals surface area contributed by atoms with Crippen LogP contribution < -0.4 is 11.3 Å². The van der Waals surface area contributed by atoms with E-state index in [4.69, 9.17) is 5.73 Å². The van der Waals surface area contributed by atoms with E-state index in [0.717, 1.165) is 0 Å². The molecule has 7 heteroatoms. The molecule has 0 aliphatic rings. The molecule has 0 fully saturated rings. The number of hydrogen-bond donors (Lipinski definition) is 2. The summed E-state index contributed by atoms with van der Waals surface area (Å²) in [5.74, 6) is -0.104. The van der Waals surface area contributed by atoms with Crippen molar-refractivity contribution in [2.24, 2.45) is 11.7 Å².